The van der Waals surface area contributed by atoms with Gasteiger partial charge in [0.2, 0.25) is 0 Å². The highest BCUT2D eigenvalue weighted by Crippen LogP contribution is 2.25. The number of thioether (sulfide) groups is 1. The Bertz CT molecular complexity index is 881. The number of rotatable bonds is 9. The minimum atomic E-state index is -0.331. The summed E-state index contributed by atoms with van der Waals surface area (Å²) in [7, 11) is 0. The molecule has 0 saturated heterocycles. The molecule has 7 heteroatoms. The Balaban J connectivity index is 1.58. The summed E-state index contributed by atoms with van der Waals surface area (Å²) in [5, 5.41) is 9.52. The van der Waals surface area contributed by atoms with Crippen molar-refractivity contribution >= 4 is 17.5 Å². The molecule has 0 amide bonds. The van der Waals surface area contributed by atoms with Crippen molar-refractivity contribution in [1.82, 2.24) is 19.7 Å². The molecule has 2 heterocycles. The van der Waals surface area contributed by atoms with Gasteiger partial charge >= 0.3 is 0 Å². The smallest absolute Gasteiger partial charge is 0.191 e. The Morgan fingerprint density at radius 3 is 2.56 bits per heavy atom. The number of hydrogen-bond acceptors (Lipinski definition) is 5. The molecule has 140 valence electrons. The van der Waals surface area contributed by atoms with Gasteiger partial charge in [0.25, 0.3) is 0 Å². The fraction of sp³-hybridized carbons (Fsp3) is 0.300. The maximum atomic E-state index is 12.9. The van der Waals surface area contributed by atoms with Crippen molar-refractivity contribution in [3.05, 3.63) is 60.2 Å². The zero-order chi connectivity index (χ0) is 19.1. The first-order valence-corrected chi connectivity index (χ1v) is 9.92. The lowest BCUT2D eigenvalue weighted by Crippen LogP contribution is -2.03. The number of carbonyl (C=O) groups excluding carboxylic acids is 1. The lowest BCUT2D eigenvalue weighted by Gasteiger charge is -2.08. The van der Waals surface area contributed by atoms with Gasteiger partial charge in [0.05, 0.1) is 0 Å². The summed E-state index contributed by atoms with van der Waals surface area (Å²) in [4.78, 5) is 16.2. The summed E-state index contributed by atoms with van der Waals surface area (Å²) < 4.78 is 15.0. The molecule has 3 rings (SSSR count). The maximum absolute atomic E-state index is 12.9. The minimum Gasteiger partial charge on any atom is -0.302 e. The second-order valence-corrected chi connectivity index (χ2v) is 7.14. The van der Waals surface area contributed by atoms with Crippen LogP contribution in [0.4, 0.5) is 4.39 Å². The predicted octanol–water partition coefficient (Wildman–Crippen LogP) is 4.64. The summed E-state index contributed by atoms with van der Waals surface area (Å²) in [6.07, 6.45) is 5.62. The van der Waals surface area contributed by atoms with Crippen LogP contribution in [0.3, 0.4) is 0 Å². The zero-order valence-electron chi connectivity index (χ0n) is 15.1. The molecule has 0 N–H and O–H groups in total. The number of aromatic nitrogens is 4. The van der Waals surface area contributed by atoms with E-state index >= 15 is 0 Å². The molecular weight excluding hydrogens is 363 g/mol. The van der Waals surface area contributed by atoms with E-state index < -0.39 is 0 Å². The van der Waals surface area contributed by atoms with Crippen molar-refractivity contribution in [2.24, 2.45) is 0 Å². The van der Waals surface area contributed by atoms with Crippen molar-refractivity contribution in [1.29, 1.82) is 0 Å². The van der Waals surface area contributed by atoms with E-state index in [0.29, 0.717) is 12.0 Å². The van der Waals surface area contributed by atoms with Crippen molar-refractivity contribution in [3.63, 3.8) is 0 Å². The van der Waals surface area contributed by atoms with Gasteiger partial charge < -0.3 is 4.57 Å². The van der Waals surface area contributed by atoms with Crippen molar-refractivity contribution in [2.75, 3.05) is 5.75 Å². The number of nitrogens with zero attached hydrogens (tertiary/aromatic N) is 4. The Labute approximate surface area is 162 Å². The summed E-state index contributed by atoms with van der Waals surface area (Å²) >= 11 is 1.60. The zero-order valence-corrected chi connectivity index (χ0v) is 16.0. The van der Waals surface area contributed by atoms with Gasteiger partial charge in [0.1, 0.15) is 5.82 Å². The molecule has 0 bridgehead atoms. The van der Waals surface area contributed by atoms with Crippen LogP contribution < -0.4 is 0 Å². The SMILES string of the molecule is CCCn1c(SCCCC(=O)c2ccc(F)cc2)nnc1-c1ccncc1. The molecule has 0 aliphatic rings. The number of carbonyl (C=O) groups is 1. The average molecular weight is 384 g/mol. The lowest BCUT2D eigenvalue weighted by molar-refractivity contribution is 0.0982. The fourth-order valence-electron chi connectivity index (χ4n) is 2.71. The monoisotopic (exact) mass is 384 g/mol. The Hall–Kier alpha value is -2.54. The third kappa shape index (κ3) is 5.01. The van der Waals surface area contributed by atoms with Crippen molar-refractivity contribution < 1.29 is 9.18 Å². The van der Waals surface area contributed by atoms with E-state index in [1.54, 1.807) is 24.2 Å². The van der Waals surface area contributed by atoms with Gasteiger partial charge in [-0.15, -0.1) is 10.2 Å². The molecule has 0 spiro atoms. The number of ketones is 1. The van der Waals surface area contributed by atoms with E-state index in [-0.39, 0.29) is 11.6 Å². The number of hydrogen-bond donors (Lipinski definition) is 0. The van der Waals surface area contributed by atoms with Crippen LogP contribution in [0.1, 0.15) is 36.5 Å². The van der Waals surface area contributed by atoms with Crippen LogP contribution in [-0.2, 0) is 6.54 Å². The molecule has 27 heavy (non-hydrogen) atoms. The van der Waals surface area contributed by atoms with E-state index in [9.17, 15) is 9.18 Å². The van der Waals surface area contributed by atoms with E-state index in [1.807, 2.05) is 12.1 Å². The van der Waals surface area contributed by atoms with E-state index in [0.717, 1.165) is 41.7 Å². The van der Waals surface area contributed by atoms with Crippen LogP contribution >= 0.6 is 11.8 Å². The molecule has 0 radical (unpaired) electrons. The highest BCUT2D eigenvalue weighted by molar-refractivity contribution is 7.99. The maximum Gasteiger partial charge on any atom is 0.191 e. The highest BCUT2D eigenvalue weighted by atomic mass is 32.2. The number of Topliss-reactive ketones (excluding diaryl/α,β-unsaturated/α-hetero) is 1. The number of benzene rings is 1. The van der Waals surface area contributed by atoms with E-state index in [2.05, 4.69) is 26.7 Å². The molecule has 0 atom stereocenters. The van der Waals surface area contributed by atoms with Crippen LogP contribution in [0.2, 0.25) is 0 Å². The first-order chi connectivity index (χ1) is 13.2. The molecule has 0 aliphatic carbocycles. The molecular formula is C20H21FN4OS. The van der Waals surface area contributed by atoms with Gasteiger partial charge in [-0.3, -0.25) is 9.78 Å². The normalized spacial score (nSPS) is 10.9. The molecule has 1 aromatic carbocycles. The Morgan fingerprint density at radius 1 is 1.11 bits per heavy atom. The second-order valence-electron chi connectivity index (χ2n) is 6.08. The van der Waals surface area contributed by atoms with Crippen LogP contribution in [0.15, 0.2) is 53.9 Å². The van der Waals surface area contributed by atoms with Crippen LogP contribution in [0, 0.1) is 5.82 Å². The van der Waals surface area contributed by atoms with Gasteiger partial charge in [0, 0.05) is 42.2 Å². The van der Waals surface area contributed by atoms with Crippen LogP contribution in [0.5, 0.6) is 0 Å². The standard InChI is InChI=1S/C20H21FN4OS/c1-2-13-25-19(16-9-11-22-12-10-16)23-24-20(25)27-14-3-4-18(26)15-5-7-17(21)8-6-15/h5-12H,2-4,13-14H2,1H3. The molecule has 2 aromatic heterocycles. The minimum absolute atomic E-state index is 0.0306. The third-order valence-electron chi connectivity index (χ3n) is 4.05. The molecule has 0 unspecified atom stereocenters. The van der Waals surface area contributed by atoms with Crippen molar-refractivity contribution in [3.8, 4) is 11.4 Å². The molecule has 5 nitrogen and oxygen atoms in total. The van der Waals surface area contributed by atoms with E-state index in [4.69, 9.17) is 0 Å². The molecule has 0 fully saturated rings. The molecule has 3 aromatic rings. The van der Waals surface area contributed by atoms with Gasteiger partial charge in [-0.2, -0.15) is 0 Å². The Kier molecular flexibility index (Phi) is 6.70. The van der Waals surface area contributed by atoms with E-state index in [1.165, 1.54) is 24.3 Å². The van der Waals surface area contributed by atoms with Gasteiger partial charge in [-0.05, 0) is 49.2 Å². The predicted molar refractivity (Wildman–Crippen MR) is 104 cm³/mol. The molecule has 0 saturated carbocycles. The third-order valence-corrected chi connectivity index (χ3v) is 5.10. The first kappa shape index (κ1) is 19.2. The fourth-order valence-corrected chi connectivity index (χ4v) is 3.61. The number of halogens is 1. The van der Waals surface area contributed by atoms with Gasteiger partial charge in [-0.25, -0.2) is 4.39 Å². The largest absolute Gasteiger partial charge is 0.302 e. The molecule has 0 aliphatic heterocycles. The summed E-state index contributed by atoms with van der Waals surface area (Å²) in [5.41, 5.74) is 1.54. The average Bonchev–Trinajstić information content (AvgIpc) is 3.09. The summed E-state index contributed by atoms with van der Waals surface area (Å²) in [6.45, 7) is 2.95. The quantitative estimate of drug-likeness (QED) is 0.305. The number of pyridine rings is 1. The highest BCUT2D eigenvalue weighted by Gasteiger charge is 2.14. The second kappa shape index (κ2) is 9.41. The first-order valence-electron chi connectivity index (χ1n) is 8.94. The Morgan fingerprint density at radius 2 is 1.85 bits per heavy atom. The van der Waals surface area contributed by atoms with Crippen LogP contribution in [-0.4, -0.2) is 31.3 Å². The summed E-state index contributed by atoms with van der Waals surface area (Å²) in [5.74, 6) is 1.31. The van der Waals surface area contributed by atoms with Gasteiger partial charge in [0.15, 0.2) is 16.8 Å². The van der Waals surface area contributed by atoms with Gasteiger partial charge in [-0.1, -0.05) is 18.7 Å². The van der Waals surface area contributed by atoms with Crippen LogP contribution in [0.25, 0.3) is 11.4 Å². The van der Waals surface area contributed by atoms with Crippen molar-refractivity contribution in [2.45, 2.75) is 37.9 Å². The summed E-state index contributed by atoms with van der Waals surface area (Å²) in [6, 6.07) is 9.54. The topological polar surface area (TPSA) is 60.7 Å². The lowest BCUT2D eigenvalue weighted by atomic mass is 10.1.